The third-order valence-corrected chi connectivity index (χ3v) is 9.50. The molecule has 0 spiro atoms. The third kappa shape index (κ3) is 4.68. The topological polar surface area (TPSA) is 161 Å². The normalized spacial score (nSPS) is 15.2. The average molecular weight is 623 g/mol. The summed E-state index contributed by atoms with van der Waals surface area (Å²) in [5, 5.41) is 2.05. The Kier molecular flexibility index (Phi) is 6.69. The van der Waals surface area contributed by atoms with Gasteiger partial charge in [0.1, 0.15) is 0 Å². The van der Waals surface area contributed by atoms with Gasteiger partial charge >= 0.3 is 0 Å². The number of amides is 4. The van der Waals surface area contributed by atoms with Crippen LogP contribution in [0.5, 0.6) is 0 Å². The van der Waals surface area contributed by atoms with Crippen molar-refractivity contribution in [2.45, 2.75) is 20.3 Å². The number of imide groups is 2. The Hall–Kier alpha value is -4.50. The number of carbonyl (C=O) groups is 4. The Morgan fingerprint density at radius 2 is 1.00 bits per heavy atom. The van der Waals surface area contributed by atoms with E-state index in [0.717, 1.165) is 0 Å². The molecule has 12 nitrogen and oxygen atoms in total. The van der Waals surface area contributed by atoms with Gasteiger partial charge in [0.2, 0.25) is 0 Å². The molecule has 2 heterocycles. The SMILES string of the molecule is CCCS(=O)(=O)ON1C(=O)c2cccc3cc(-c4cc5c6c(cccc6c4)C(=O)N(OS(=O)(=O)CC)C5=O)cc(c23)C1=O. The summed E-state index contributed by atoms with van der Waals surface area (Å²) >= 11 is 0. The van der Waals surface area contributed by atoms with Gasteiger partial charge in [-0.2, -0.15) is 16.8 Å². The summed E-state index contributed by atoms with van der Waals surface area (Å²) in [6.07, 6.45) is 0.206. The van der Waals surface area contributed by atoms with Crippen LogP contribution in [0.25, 0.3) is 32.7 Å². The van der Waals surface area contributed by atoms with Gasteiger partial charge in [-0.1, -0.05) is 31.2 Å². The monoisotopic (exact) mass is 622 g/mol. The number of hydroxylamine groups is 4. The summed E-state index contributed by atoms with van der Waals surface area (Å²) in [5.41, 5.74) is 0.965. The molecule has 0 N–H and O–H groups in total. The summed E-state index contributed by atoms with van der Waals surface area (Å²) in [7, 11) is -8.46. The second-order valence-corrected chi connectivity index (χ2v) is 13.4. The van der Waals surface area contributed by atoms with Crippen LogP contribution in [0.3, 0.4) is 0 Å². The lowest BCUT2D eigenvalue weighted by molar-refractivity contribution is -0.0158. The first-order valence-corrected chi connectivity index (χ1v) is 16.3. The summed E-state index contributed by atoms with van der Waals surface area (Å²) in [6.45, 7) is 2.91. The van der Waals surface area contributed by atoms with Crippen molar-refractivity contribution in [1.82, 2.24) is 10.1 Å². The Balaban J connectivity index is 1.53. The molecule has 0 aromatic heterocycles. The number of carbonyl (C=O) groups excluding carboxylic acids is 4. The summed E-state index contributed by atoms with van der Waals surface area (Å²) in [6, 6.07) is 15.7. The van der Waals surface area contributed by atoms with Crippen molar-refractivity contribution < 1.29 is 44.6 Å². The van der Waals surface area contributed by atoms with Crippen LogP contribution >= 0.6 is 0 Å². The highest BCUT2D eigenvalue weighted by Crippen LogP contribution is 2.38. The lowest BCUT2D eigenvalue weighted by Crippen LogP contribution is -2.42. The van der Waals surface area contributed by atoms with Crippen molar-refractivity contribution >= 4 is 65.4 Å². The molecule has 4 aromatic carbocycles. The van der Waals surface area contributed by atoms with E-state index in [9.17, 15) is 36.0 Å². The summed E-state index contributed by atoms with van der Waals surface area (Å²) in [5.74, 6) is -4.69. The first kappa shape index (κ1) is 28.6. The first-order valence-electron chi connectivity index (χ1n) is 13.1. The molecule has 2 aliphatic rings. The van der Waals surface area contributed by atoms with Crippen molar-refractivity contribution in [3.05, 3.63) is 82.9 Å². The fraction of sp³-hybridized carbons (Fsp3) is 0.172. The number of hydrogen-bond donors (Lipinski definition) is 0. The lowest BCUT2D eigenvalue weighted by atomic mass is 9.88. The van der Waals surface area contributed by atoms with E-state index in [1.54, 1.807) is 43.3 Å². The molecule has 0 fully saturated rings. The molecule has 0 radical (unpaired) electrons. The van der Waals surface area contributed by atoms with E-state index in [0.29, 0.717) is 32.7 Å². The largest absolute Gasteiger partial charge is 0.288 e. The Morgan fingerprint density at radius 3 is 1.42 bits per heavy atom. The van der Waals surface area contributed by atoms with Gasteiger partial charge in [0.25, 0.3) is 43.9 Å². The molecule has 0 atom stereocenters. The number of rotatable bonds is 8. The van der Waals surface area contributed by atoms with Crippen molar-refractivity contribution in [1.29, 1.82) is 0 Å². The highest BCUT2D eigenvalue weighted by atomic mass is 32.2. The predicted molar refractivity (Wildman–Crippen MR) is 154 cm³/mol. The Labute approximate surface area is 245 Å². The zero-order valence-electron chi connectivity index (χ0n) is 22.7. The second kappa shape index (κ2) is 10.1. The van der Waals surface area contributed by atoms with Gasteiger partial charge in [-0.25, -0.2) is 0 Å². The molecule has 4 amide bonds. The number of benzene rings is 4. The van der Waals surface area contributed by atoms with Gasteiger partial charge < -0.3 is 0 Å². The van der Waals surface area contributed by atoms with Crippen LogP contribution in [0.15, 0.2) is 60.7 Å². The van der Waals surface area contributed by atoms with Crippen LogP contribution < -0.4 is 0 Å². The fourth-order valence-electron chi connectivity index (χ4n) is 5.21. The first-order chi connectivity index (χ1) is 20.4. The van der Waals surface area contributed by atoms with Gasteiger partial charge in [-0.05, 0) is 71.6 Å². The van der Waals surface area contributed by atoms with E-state index in [1.165, 1.54) is 31.2 Å². The molecule has 0 bridgehead atoms. The number of nitrogens with zero attached hydrogens (tertiary/aromatic N) is 2. The smallest absolute Gasteiger partial charge is 0.266 e. The maximum Gasteiger partial charge on any atom is 0.288 e. The molecular weight excluding hydrogens is 600 g/mol. The third-order valence-electron chi connectivity index (χ3n) is 7.13. The van der Waals surface area contributed by atoms with E-state index in [2.05, 4.69) is 0 Å². The highest BCUT2D eigenvalue weighted by molar-refractivity contribution is 7.86. The van der Waals surface area contributed by atoms with Gasteiger partial charge in [0.15, 0.2) is 0 Å². The zero-order valence-corrected chi connectivity index (χ0v) is 24.3. The van der Waals surface area contributed by atoms with Crippen LogP contribution in [-0.4, -0.2) is 62.1 Å². The molecule has 0 aliphatic carbocycles. The lowest BCUT2D eigenvalue weighted by Gasteiger charge is -2.27. The van der Waals surface area contributed by atoms with Crippen molar-refractivity contribution in [2.75, 3.05) is 11.5 Å². The van der Waals surface area contributed by atoms with Crippen molar-refractivity contribution in [3.8, 4) is 11.1 Å². The maximum absolute atomic E-state index is 13.5. The fourth-order valence-corrected chi connectivity index (χ4v) is 6.61. The quantitative estimate of drug-likeness (QED) is 0.264. The Bertz CT molecular complexity index is 2160. The molecule has 43 heavy (non-hydrogen) atoms. The van der Waals surface area contributed by atoms with Crippen molar-refractivity contribution in [2.24, 2.45) is 0 Å². The van der Waals surface area contributed by atoms with Gasteiger partial charge in [-0.15, -0.1) is 18.7 Å². The maximum atomic E-state index is 13.5. The van der Waals surface area contributed by atoms with E-state index in [4.69, 9.17) is 8.57 Å². The Morgan fingerprint density at radius 1 is 0.581 bits per heavy atom. The van der Waals surface area contributed by atoms with Crippen LogP contribution in [0.4, 0.5) is 0 Å². The van der Waals surface area contributed by atoms with Crippen LogP contribution in [0.1, 0.15) is 61.7 Å². The van der Waals surface area contributed by atoms with E-state index >= 15 is 0 Å². The summed E-state index contributed by atoms with van der Waals surface area (Å²) in [4.78, 5) is 53.1. The molecule has 0 saturated carbocycles. The molecule has 0 saturated heterocycles. The van der Waals surface area contributed by atoms with Crippen LogP contribution in [-0.2, 0) is 28.8 Å². The summed E-state index contributed by atoms with van der Waals surface area (Å²) < 4.78 is 58.9. The van der Waals surface area contributed by atoms with Gasteiger partial charge in [0, 0.05) is 10.8 Å². The van der Waals surface area contributed by atoms with Crippen LogP contribution in [0.2, 0.25) is 0 Å². The van der Waals surface area contributed by atoms with E-state index in [1.807, 2.05) is 0 Å². The zero-order chi connectivity index (χ0) is 30.8. The van der Waals surface area contributed by atoms with Gasteiger partial charge in [-0.3, -0.25) is 19.2 Å². The minimum absolute atomic E-state index is 0.00241. The van der Waals surface area contributed by atoms with Crippen molar-refractivity contribution in [3.63, 3.8) is 0 Å². The highest BCUT2D eigenvalue weighted by Gasteiger charge is 2.39. The van der Waals surface area contributed by atoms with Gasteiger partial charge in [0.05, 0.1) is 33.8 Å². The van der Waals surface area contributed by atoms with E-state index < -0.39 is 55.4 Å². The molecule has 2 aliphatic heterocycles. The molecule has 6 rings (SSSR count). The minimum Gasteiger partial charge on any atom is -0.266 e. The molecule has 0 unspecified atom stereocenters. The standard InChI is InChI=1S/C29H22N2O10S2/c1-3-11-43(38,39)41-31-27(33)21-10-6-8-17-13-19(15-23(25(17)21)29(31)35)18-12-16-7-5-9-20-24(16)22(14-18)28(34)30(26(20)32)40-42(36,37)4-2/h5-10,12-15H,3-4,11H2,1-2H3. The number of hydrogen-bond acceptors (Lipinski definition) is 10. The molecular formula is C29H22N2O10S2. The molecule has 14 heteroatoms. The average Bonchev–Trinajstić information content (AvgIpc) is 2.98. The second-order valence-electron chi connectivity index (χ2n) is 9.92. The van der Waals surface area contributed by atoms with E-state index in [-0.39, 0.29) is 38.8 Å². The molecule has 4 aromatic rings. The minimum atomic E-state index is -4.23. The predicted octanol–water partition coefficient (Wildman–Crippen LogP) is 3.80. The van der Waals surface area contributed by atoms with Crippen LogP contribution in [0, 0.1) is 0 Å². The molecule has 220 valence electrons.